The van der Waals surface area contributed by atoms with Gasteiger partial charge in [0.05, 0.1) is 0 Å². The van der Waals surface area contributed by atoms with Gasteiger partial charge in [0.2, 0.25) is 0 Å². The zero-order valence-corrected chi connectivity index (χ0v) is 8.99. The summed E-state index contributed by atoms with van der Waals surface area (Å²) in [6.07, 6.45) is 0.858. The standard InChI is InChI=1S/C12H14S/c1-10-6-5-7-11(2)12(10)8-3-4-9-13/h5-7,13H,4,9H2,1-2H3. The molecular weight excluding hydrogens is 176 g/mol. The van der Waals surface area contributed by atoms with E-state index < -0.39 is 0 Å². The molecule has 0 N–H and O–H groups in total. The first-order valence-electron chi connectivity index (χ1n) is 4.41. The Morgan fingerprint density at radius 2 is 1.85 bits per heavy atom. The molecule has 0 bridgehead atoms. The van der Waals surface area contributed by atoms with Crippen molar-refractivity contribution >= 4 is 12.6 Å². The Morgan fingerprint density at radius 3 is 2.38 bits per heavy atom. The van der Waals surface area contributed by atoms with Crippen molar-refractivity contribution in [1.82, 2.24) is 0 Å². The van der Waals surface area contributed by atoms with Crippen molar-refractivity contribution in [2.75, 3.05) is 5.75 Å². The monoisotopic (exact) mass is 190 g/mol. The predicted octanol–water partition coefficient (Wildman–Crippen LogP) is 2.97. The maximum absolute atomic E-state index is 4.12. The lowest BCUT2D eigenvalue weighted by atomic mass is 10.0. The molecule has 0 spiro atoms. The number of thiol groups is 1. The lowest BCUT2D eigenvalue weighted by Gasteiger charge is -2.00. The van der Waals surface area contributed by atoms with Crippen LogP contribution >= 0.6 is 12.6 Å². The average Bonchev–Trinajstić information content (AvgIpc) is 2.10. The molecular formula is C12H14S. The smallest absolute Gasteiger partial charge is 0.0303 e. The summed E-state index contributed by atoms with van der Waals surface area (Å²) in [5.41, 5.74) is 3.68. The van der Waals surface area contributed by atoms with Crippen molar-refractivity contribution in [2.45, 2.75) is 20.3 Å². The second-order valence-electron chi connectivity index (χ2n) is 3.04. The molecule has 1 rings (SSSR count). The highest BCUT2D eigenvalue weighted by molar-refractivity contribution is 7.80. The Kier molecular flexibility index (Phi) is 3.92. The highest BCUT2D eigenvalue weighted by Crippen LogP contribution is 2.11. The summed E-state index contributed by atoms with van der Waals surface area (Å²) in [4.78, 5) is 0. The molecule has 0 saturated carbocycles. The van der Waals surface area contributed by atoms with Crippen LogP contribution in [0, 0.1) is 25.7 Å². The van der Waals surface area contributed by atoms with Crippen molar-refractivity contribution in [1.29, 1.82) is 0 Å². The van der Waals surface area contributed by atoms with E-state index in [1.54, 1.807) is 0 Å². The first kappa shape index (κ1) is 10.2. The Hall–Kier alpha value is -0.870. The molecule has 1 heteroatoms. The number of aryl methyl sites for hydroxylation is 2. The molecule has 0 unspecified atom stereocenters. The van der Waals surface area contributed by atoms with E-state index in [-0.39, 0.29) is 0 Å². The van der Waals surface area contributed by atoms with Crippen molar-refractivity contribution in [3.63, 3.8) is 0 Å². The zero-order chi connectivity index (χ0) is 9.68. The largest absolute Gasteiger partial charge is 0.178 e. The molecule has 0 aliphatic heterocycles. The van der Waals surface area contributed by atoms with Gasteiger partial charge in [0.1, 0.15) is 0 Å². The Morgan fingerprint density at radius 1 is 1.23 bits per heavy atom. The molecule has 0 aliphatic carbocycles. The highest BCUT2D eigenvalue weighted by atomic mass is 32.1. The van der Waals surface area contributed by atoms with Crippen molar-refractivity contribution in [3.05, 3.63) is 34.9 Å². The van der Waals surface area contributed by atoms with E-state index in [0.717, 1.165) is 12.2 Å². The van der Waals surface area contributed by atoms with Crippen molar-refractivity contribution in [2.24, 2.45) is 0 Å². The van der Waals surface area contributed by atoms with Crippen molar-refractivity contribution in [3.8, 4) is 11.8 Å². The second-order valence-corrected chi connectivity index (χ2v) is 3.49. The summed E-state index contributed by atoms with van der Waals surface area (Å²) in [6.45, 7) is 4.19. The van der Waals surface area contributed by atoms with Crippen LogP contribution in [0.2, 0.25) is 0 Å². The molecule has 0 fully saturated rings. The molecule has 0 nitrogen and oxygen atoms in total. The second kappa shape index (κ2) is 4.99. The summed E-state index contributed by atoms with van der Waals surface area (Å²) in [7, 11) is 0. The lowest BCUT2D eigenvalue weighted by molar-refractivity contribution is 1.30. The fraction of sp³-hybridized carbons (Fsp3) is 0.333. The van der Waals surface area contributed by atoms with E-state index >= 15 is 0 Å². The molecule has 68 valence electrons. The number of rotatable bonds is 1. The van der Waals surface area contributed by atoms with Gasteiger partial charge in [0, 0.05) is 17.7 Å². The molecule has 0 radical (unpaired) electrons. The van der Waals surface area contributed by atoms with Crippen LogP contribution in [-0.4, -0.2) is 5.75 Å². The Bertz CT molecular complexity index is 322. The number of benzene rings is 1. The minimum absolute atomic E-state index is 0.831. The average molecular weight is 190 g/mol. The normalized spacial score (nSPS) is 9.15. The third-order valence-corrected chi connectivity index (χ3v) is 2.15. The quantitative estimate of drug-likeness (QED) is 0.511. The van der Waals surface area contributed by atoms with Gasteiger partial charge in [-0.3, -0.25) is 0 Å². The van der Waals surface area contributed by atoms with Gasteiger partial charge in [-0.1, -0.05) is 30.0 Å². The predicted molar refractivity (Wildman–Crippen MR) is 61.3 cm³/mol. The number of hydrogen-bond acceptors (Lipinski definition) is 1. The number of hydrogen-bond donors (Lipinski definition) is 1. The maximum atomic E-state index is 4.12. The first-order valence-corrected chi connectivity index (χ1v) is 5.05. The van der Waals surface area contributed by atoms with Gasteiger partial charge in [0.25, 0.3) is 0 Å². The van der Waals surface area contributed by atoms with Crippen LogP contribution in [0.3, 0.4) is 0 Å². The van der Waals surface area contributed by atoms with Crippen LogP contribution in [-0.2, 0) is 0 Å². The van der Waals surface area contributed by atoms with Crippen LogP contribution in [0.1, 0.15) is 23.1 Å². The fourth-order valence-corrected chi connectivity index (χ4v) is 1.33. The molecule has 0 atom stereocenters. The van der Waals surface area contributed by atoms with E-state index in [1.807, 2.05) is 0 Å². The van der Waals surface area contributed by atoms with Crippen LogP contribution < -0.4 is 0 Å². The van der Waals surface area contributed by atoms with E-state index in [2.05, 4.69) is 56.5 Å². The van der Waals surface area contributed by atoms with Gasteiger partial charge in [-0.25, -0.2) is 0 Å². The van der Waals surface area contributed by atoms with Gasteiger partial charge in [-0.15, -0.1) is 0 Å². The lowest BCUT2D eigenvalue weighted by Crippen LogP contribution is -1.86. The van der Waals surface area contributed by atoms with Crippen LogP contribution in [0.5, 0.6) is 0 Å². The highest BCUT2D eigenvalue weighted by Gasteiger charge is 1.96. The van der Waals surface area contributed by atoms with Crippen molar-refractivity contribution < 1.29 is 0 Å². The third-order valence-electron chi connectivity index (χ3n) is 1.93. The van der Waals surface area contributed by atoms with Crippen LogP contribution in [0.25, 0.3) is 0 Å². The van der Waals surface area contributed by atoms with Gasteiger partial charge in [0.15, 0.2) is 0 Å². The zero-order valence-electron chi connectivity index (χ0n) is 8.09. The molecule has 0 amide bonds. The van der Waals surface area contributed by atoms with E-state index in [9.17, 15) is 0 Å². The van der Waals surface area contributed by atoms with E-state index in [0.29, 0.717) is 0 Å². The van der Waals surface area contributed by atoms with Gasteiger partial charge < -0.3 is 0 Å². The van der Waals surface area contributed by atoms with E-state index in [4.69, 9.17) is 0 Å². The summed E-state index contributed by atoms with van der Waals surface area (Å²) < 4.78 is 0. The summed E-state index contributed by atoms with van der Waals surface area (Å²) in [5, 5.41) is 0. The van der Waals surface area contributed by atoms with Crippen LogP contribution in [0.15, 0.2) is 18.2 Å². The minimum atomic E-state index is 0.831. The van der Waals surface area contributed by atoms with E-state index in [1.165, 1.54) is 16.7 Å². The fourth-order valence-electron chi connectivity index (χ4n) is 1.22. The third kappa shape index (κ3) is 2.82. The molecule has 1 aromatic carbocycles. The molecule has 0 aromatic heterocycles. The molecule has 0 saturated heterocycles. The Balaban J connectivity index is 2.95. The molecule has 0 heterocycles. The topological polar surface area (TPSA) is 0 Å². The molecule has 13 heavy (non-hydrogen) atoms. The van der Waals surface area contributed by atoms with Gasteiger partial charge >= 0.3 is 0 Å². The Labute approximate surface area is 85.8 Å². The maximum Gasteiger partial charge on any atom is 0.0303 e. The summed E-state index contributed by atoms with van der Waals surface area (Å²) >= 11 is 4.12. The molecule has 0 aliphatic rings. The summed E-state index contributed by atoms with van der Waals surface area (Å²) in [6, 6.07) is 6.25. The SMILES string of the molecule is Cc1cccc(C)c1C#CCCS. The van der Waals surface area contributed by atoms with Crippen LogP contribution in [0.4, 0.5) is 0 Å². The summed E-state index contributed by atoms with van der Waals surface area (Å²) in [5.74, 6) is 7.12. The first-order chi connectivity index (χ1) is 6.25. The molecule has 1 aromatic rings. The van der Waals surface area contributed by atoms with Gasteiger partial charge in [-0.05, 0) is 25.0 Å². The van der Waals surface area contributed by atoms with Gasteiger partial charge in [-0.2, -0.15) is 12.6 Å². The minimum Gasteiger partial charge on any atom is -0.178 e.